The summed E-state index contributed by atoms with van der Waals surface area (Å²) in [7, 11) is 0. The molecule has 0 unspecified atom stereocenters. The van der Waals surface area contributed by atoms with Crippen LogP contribution in [0.5, 0.6) is 0 Å². The van der Waals surface area contributed by atoms with Crippen LogP contribution in [0.3, 0.4) is 0 Å². The maximum atomic E-state index is 3.48. The minimum absolute atomic E-state index is 0. The zero-order valence-electron chi connectivity index (χ0n) is 12.7. The molecule has 1 fully saturated rings. The molecule has 0 spiro atoms. The molecule has 0 aliphatic carbocycles. The summed E-state index contributed by atoms with van der Waals surface area (Å²) in [5.41, 5.74) is 1.51. The van der Waals surface area contributed by atoms with Gasteiger partial charge in [-0.25, -0.2) is 0 Å². The summed E-state index contributed by atoms with van der Waals surface area (Å²) in [4.78, 5) is 2.70. The van der Waals surface area contributed by atoms with Gasteiger partial charge in [0.2, 0.25) is 0 Å². The molecule has 1 aromatic heterocycles. The van der Waals surface area contributed by atoms with Crippen LogP contribution in [0, 0.1) is 0 Å². The Hall–Kier alpha value is -0.610. The topological polar surface area (TPSA) is 15.3 Å². The number of hydrogen-bond acceptors (Lipinski definition) is 3. The van der Waals surface area contributed by atoms with Crippen molar-refractivity contribution in [3.63, 3.8) is 0 Å². The van der Waals surface area contributed by atoms with Gasteiger partial charge in [0, 0.05) is 17.3 Å². The Morgan fingerprint density at radius 3 is 2.76 bits per heavy atom. The Kier molecular flexibility index (Phi) is 6.49. The van der Waals surface area contributed by atoms with Crippen molar-refractivity contribution in [2.45, 2.75) is 38.8 Å². The number of rotatable bonds is 5. The predicted octanol–water partition coefficient (Wildman–Crippen LogP) is 4.29. The van der Waals surface area contributed by atoms with Crippen molar-refractivity contribution in [1.82, 2.24) is 10.2 Å². The quantitative estimate of drug-likeness (QED) is 0.882. The molecule has 1 aromatic carbocycles. The van der Waals surface area contributed by atoms with E-state index in [0.717, 1.165) is 12.6 Å². The summed E-state index contributed by atoms with van der Waals surface area (Å²) >= 11 is 1.88. The van der Waals surface area contributed by atoms with Crippen molar-refractivity contribution in [2.75, 3.05) is 19.6 Å². The molecular formula is C17H25ClN2S. The van der Waals surface area contributed by atoms with Crippen LogP contribution >= 0.6 is 23.7 Å². The zero-order valence-corrected chi connectivity index (χ0v) is 14.3. The molecule has 0 bridgehead atoms. The highest BCUT2D eigenvalue weighted by molar-refractivity contribution is 7.17. The van der Waals surface area contributed by atoms with Gasteiger partial charge in [-0.15, -0.1) is 23.7 Å². The molecule has 0 atom stereocenters. The van der Waals surface area contributed by atoms with E-state index in [9.17, 15) is 0 Å². The lowest BCUT2D eigenvalue weighted by Gasteiger charge is -2.34. The van der Waals surface area contributed by atoms with E-state index < -0.39 is 0 Å². The molecule has 1 saturated heterocycles. The van der Waals surface area contributed by atoms with Crippen LogP contribution in [0.15, 0.2) is 29.6 Å². The van der Waals surface area contributed by atoms with E-state index >= 15 is 0 Å². The smallest absolute Gasteiger partial charge is 0.0346 e. The molecular weight excluding hydrogens is 300 g/mol. The Morgan fingerprint density at radius 2 is 2.00 bits per heavy atom. The average molecular weight is 325 g/mol. The first-order valence-corrected chi connectivity index (χ1v) is 8.66. The summed E-state index contributed by atoms with van der Waals surface area (Å²) in [5, 5.41) is 7.28. The average Bonchev–Trinajstić information content (AvgIpc) is 2.91. The maximum absolute atomic E-state index is 3.48. The molecule has 0 radical (unpaired) electrons. The van der Waals surface area contributed by atoms with E-state index in [0.29, 0.717) is 0 Å². The second-order valence-corrected chi connectivity index (χ2v) is 6.62. The Bertz CT molecular complexity index is 548. The van der Waals surface area contributed by atoms with Crippen LogP contribution in [0.1, 0.15) is 31.7 Å². The molecule has 0 saturated carbocycles. The fourth-order valence-corrected chi connectivity index (χ4v) is 4.18. The molecule has 1 aliphatic rings. The Morgan fingerprint density at radius 1 is 1.24 bits per heavy atom. The highest BCUT2D eigenvalue weighted by Gasteiger charge is 2.21. The first-order chi connectivity index (χ1) is 9.88. The zero-order chi connectivity index (χ0) is 13.8. The number of fused-ring (bicyclic) bond motifs is 1. The molecule has 4 heteroatoms. The fraction of sp³-hybridized carbons (Fsp3) is 0.529. The van der Waals surface area contributed by atoms with Gasteiger partial charge in [-0.3, -0.25) is 4.90 Å². The van der Waals surface area contributed by atoms with Crippen LogP contribution < -0.4 is 5.32 Å². The molecule has 2 aromatic rings. The lowest BCUT2D eigenvalue weighted by Crippen LogP contribution is -2.43. The molecule has 0 amide bonds. The number of benzene rings is 1. The van der Waals surface area contributed by atoms with Crippen LogP contribution in [-0.2, 0) is 6.54 Å². The number of hydrogen-bond donors (Lipinski definition) is 1. The summed E-state index contributed by atoms with van der Waals surface area (Å²) in [6, 6.07) is 9.56. The van der Waals surface area contributed by atoms with E-state index in [1.54, 1.807) is 0 Å². The van der Waals surface area contributed by atoms with E-state index in [1.807, 2.05) is 11.3 Å². The minimum atomic E-state index is 0. The van der Waals surface area contributed by atoms with Crippen molar-refractivity contribution in [2.24, 2.45) is 0 Å². The molecule has 2 nitrogen and oxygen atoms in total. The van der Waals surface area contributed by atoms with Crippen LogP contribution in [0.4, 0.5) is 0 Å². The lowest BCUT2D eigenvalue weighted by atomic mass is 10.0. The number of nitrogens with one attached hydrogen (secondary N) is 1. The number of piperidine rings is 1. The van der Waals surface area contributed by atoms with Crippen molar-refractivity contribution < 1.29 is 0 Å². The molecule has 116 valence electrons. The molecule has 1 N–H and O–H groups in total. The van der Waals surface area contributed by atoms with Crippen LogP contribution in [-0.4, -0.2) is 30.6 Å². The molecule has 3 rings (SSSR count). The lowest BCUT2D eigenvalue weighted by molar-refractivity contribution is 0.155. The van der Waals surface area contributed by atoms with Crippen LogP contribution in [0.25, 0.3) is 10.1 Å². The van der Waals surface area contributed by atoms with Gasteiger partial charge in [-0.05, 0) is 61.3 Å². The van der Waals surface area contributed by atoms with Crippen molar-refractivity contribution in [3.05, 3.63) is 35.2 Å². The Balaban J connectivity index is 0.00000161. The van der Waals surface area contributed by atoms with Crippen molar-refractivity contribution in [1.29, 1.82) is 0 Å². The largest absolute Gasteiger partial charge is 0.317 e. The van der Waals surface area contributed by atoms with E-state index in [2.05, 4.69) is 46.8 Å². The first-order valence-electron chi connectivity index (χ1n) is 7.78. The molecule has 2 heterocycles. The van der Waals surface area contributed by atoms with Crippen LogP contribution in [0.2, 0.25) is 0 Å². The summed E-state index contributed by atoms with van der Waals surface area (Å²) in [5.74, 6) is 0. The number of thiophene rings is 1. The van der Waals surface area contributed by atoms with Gasteiger partial charge in [0.15, 0.2) is 0 Å². The highest BCUT2D eigenvalue weighted by Crippen LogP contribution is 2.28. The van der Waals surface area contributed by atoms with Gasteiger partial charge in [-0.1, -0.05) is 25.1 Å². The standard InChI is InChI=1S/C17H24N2S.ClH/c1-2-11-19(15-7-9-18-10-8-15)12-14-13-20-17-6-4-3-5-16(14)17;/h3-6,13,15,18H,2,7-12H2,1H3;1H. The van der Waals surface area contributed by atoms with Gasteiger partial charge in [0.05, 0.1) is 0 Å². The minimum Gasteiger partial charge on any atom is -0.317 e. The first kappa shape index (κ1) is 16.8. The van der Waals surface area contributed by atoms with Gasteiger partial charge in [0.1, 0.15) is 0 Å². The number of nitrogens with zero attached hydrogens (tertiary/aromatic N) is 1. The van der Waals surface area contributed by atoms with E-state index in [1.165, 1.54) is 54.5 Å². The summed E-state index contributed by atoms with van der Waals surface area (Å²) in [6.45, 7) is 6.97. The van der Waals surface area contributed by atoms with Gasteiger partial charge in [-0.2, -0.15) is 0 Å². The van der Waals surface area contributed by atoms with Gasteiger partial charge in [0.25, 0.3) is 0 Å². The molecule has 21 heavy (non-hydrogen) atoms. The number of halogens is 1. The monoisotopic (exact) mass is 324 g/mol. The van der Waals surface area contributed by atoms with Crippen molar-refractivity contribution in [3.8, 4) is 0 Å². The maximum Gasteiger partial charge on any atom is 0.0346 e. The second kappa shape index (κ2) is 8.14. The normalized spacial score (nSPS) is 16.3. The van der Waals surface area contributed by atoms with Gasteiger partial charge >= 0.3 is 0 Å². The van der Waals surface area contributed by atoms with Gasteiger partial charge < -0.3 is 5.32 Å². The highest BCUT2D eigenvalue weighted by atomic mass is 35.5. The summed E-state index contributed by atoms with van der Waals surface area (Å²) < 4.78 is 1.42. The summed E-state index contributed by atoms with van der Waals surface area (Å²) in [6.07, 6.45) is 3.83. The third-order valence-electron chi connectivity index (χ3n) is 4.27. The van der Waals surface area contributed by atoms with E-state index in [4.69, 9.17) is 0 Å². The second-order valence-electron chi connectivity index (χ2n) is 5.71. The fourth-order valence-electron chi connectivity index (χ4n) is 3.22. The van der Waals surface area contributed by atoms with E-state index in [-0.39, 0.29) is 12.4 Å². The third-order valence-corrected chi connectivity index (χ3v) is 5.28. The van der Waals surface area contributed by atoms with Crippen molar-refractivity contribution >= 4 is 33.8 Å². The predicted molar refractivity (Wildman–Crippen MR) is 95.7 cm³/mol. The molecule has 1 aliphatic heterocycles. The third kappa shape index (κ3) is 3.98. The SMILES string of the molecule is CCCN(Cc1csc2ccccc12)C1CCNCC1.Cl. The Labute approximate surface area is 137 Å².